The average molecular weight is 272 g/mol. The van der Waals surface area contributed by atoms with E-state index < -0.39 is 0 Å². The van der Waals surface area contributed by atoms with Gasteiger partial charge in [-0.1, -0.05) is 29.3 Å². The summed E-state index contributed by atoms with van der Waals surface area (Å²) in [5, 5.41) is 14.5. The van der Waals surface area contributed by atoms with Gasteiger partial charge in [0.15, 0.2) is 0 Å². The van der Waals surface area contributed by atoms with Crippen LogP contribution in [0.15, 0.2) is 18.2 Å². The molecule has 0 amide bonds. The summed E-state index contributed by atoms with van der Waals surface area (Å²) in [6, 6.07) is 5.86. The summed E-state index contributed by atoms with van der Waals surface area (Å²) in [5.74, 6) is 0.509. The fourth-order valence-corrected chi connectivity index (χ4v) is 3.75. The molecule has 1 heterocycles. The highest BCUT2D eigenvalue weighted by Crippen LogP contribution is 2.48. The third kappa shape index (κ3) is 1.78. The summed E-state index contributed by atoms with van der Waals surface area (Å²) in [6.07, 6.45) is 1.52. The zero-order valence-electron chi connectivity index (χ0n) is 9.42. The van der Waals surface area contributed by atoms with Crippen LogP contribution in [-0.2, 0) is 5.41 Å². The first kappa shape index (κ1) is 11.8. The van der Waals surface area contributed by atoms with Crippen molar-refractivity contribution in [3.8, 4) is 0 Å². The monoisotopic (exact) mass is 271 g/mol. The highest BCUT2D eigenvalue weighted by atomic mass is 35.5. The molecule has 2 N–H and O–H groups in total. The van der Waals surface area contributed by atoms with Crippen LogP contribution in [0.5, 0.6) is 0 Å². The number of fused-ring (bicyclic) bond motifs is 1. The Kier molecular flexibility index (Phi) is 2.86. The molecule has 2 nitrogen and oxygen atoms in total. The van der Waals surface area contributed by atoms with Crippen molar-refractivity contribution in [3.63, 3.8) is 0 Å². The van der Waals surface area contributed by atoms with Crippen LogP contribution < -0.4 is 5.32 Å². The summed E-state index contributed by atoms with van der Waals surface area (Å²) >= 11 is 12.1. The van der Waals surface area contributed by atoms with Gasteiger partial charge in [0.25, 0.3) is 0 Å². The van der Waals surface area contributed by atoms with Gasteiger partial charge in [0.1, 0.15) is 0 Å². The number of hydrogen-bond donors (Lipinski definition) is 2. The molecule has 0 radical (unpaired) electrons. The maximum atomic E-state index is 9.90. The van der Waals surface area contributed by atoms with Crippen molar-refractivity contribution >= 4 is 23.2 Å². The molecule has 3 atom stereocenters. The van der Waals surface area contributed by atoms with E-state index in [-0.39, 0.29) is 11.5 Å². The lowest BCUT2D eigenvalue weighted by Gasteiger charge is -2.29. The lowest BCUT2D eigenvalue weighted by Crippen LogP contribution is -2.31. The first-order valence-electron chi connectivity index (χ1n) is 5.96. The van der Waals surface area contributed by atoms with Gasteiger partial charge in [0.2, 0.25) is 0 Å². The van der Waals surface area contributed by atoms with Crippen LogP contribution in [-0.4, -0.2) is 24.3 Å². The predicted molar refractivity (Wildman–Crippen MR) is 69.7 cm³/mol. The van der Waals surface area contributed by atoms with Crippen molar-refractivity contribution in [2.45, 2.75) is 24.4 Å². The van der Waals surface area contributed by atoms with Crippen molar-refractivity contribution in [1.82, 2.24) is 5.32 Å². The van der Waals surface area contributed by atoms with Crippen LogP contribution in [0.3, 0.4) is 0 Å². The second-order valence-electron chi connectivity index (χ2n) is 5.21. The van der Waals surface area contributed by atoms with E-state index >= 15 is 0 Å². The Bertz CT molecular complexity index is 451. The van der Waals surface area contributed by atoms with Gasteiger partial charge in [-0.3, -0.25) is 0 Å². The van der Waals surface area contributed by atoms with Crippen LogP contribution >= 0.6 is 23.2 Å². The minimum atomic E-state index is -0.184. The molecule has 0 bridgehead atoms. The number of aliphatic hydroxyl groups is 1. The standard InChI is InChI=1S/C13H15Cl2NO/c14-11-2-1-8(4-12(11)15)13-5-10(17)3-9(13)6-16-7-13/h1-2,4,9-10,16-17H,3,5-7H2/t9-,10+,13-/m1/s1. The molecule has 3 rings (SSSR count). The number of aliphatic hydroxyl groups excluding tert-OH is 1. The topological polar surface area (TPSA) is 32.3 Å². The Labute approximate surface area is 111 Å². The van der Waals surface area contributed by atoms with Gasteiger partial charge in [-0.15, -0.1) is 0 Å². The molecular formula is C13H15Cl2NO. The molecule has 4 heteroatoms. The Morgan fingerprint density at radius 1 is 1.29 bits per heavy atom. The maximum Gasteiger partial charge on any atom is 0.0595 e. The highest BCUT2D eigenvalue weighted by molar-refractivity contribution is 6.42. The van der Waals surface area contributed by atoms with Crippen molar-refractivity contribution in [3.05, 3.63) is 33.8 Å². The lowest BCUT2D eigenvalue weighted by molar-refractivity contribution is 0.170. The normalized spacial score (nSPS) is 36.2. The maximum absolute atomic E-state index is 9.90. The Morgan fingerprint density at radius 3 is 2.88 bits per heavy atom. The van der Waals surface area contributed by atoms with Gasteiger partial charge in [-0.25, -0.2) is 0 Å². The molecule has 2 aliphatic rings. The van der Waals surface area contributed by atoms with E-state index in [0.29, 0.717) is 16.0 Å². The minimum Gasteiger partial charge on any atom is -0.393 e. The zero-order valence-corrected chi connectivity index (χ0v) is 10.9. The van der Waals surface area contributed by atoms with Gasteiger partial charge in [0.05, 0.1) is 16.1 Å². The number of benzene rings is 1. The van der Waals surface area contributed by atoms with Crippen LogP contribution in [0.25, 0.3) is 0 Å². The summed E-state index contributed by atoms with van der Waals surface area (Å²) < 4.78 is 0. The molecule has 1 saturated heterocycles. The summed E-state index contributed by atoms with van der Waals surface area (Å²) in [6.45, 7) is 1.91. The van der Waals surface area contributed by atoms with Gasteiger partial charge >= 0.3 is 0 Å². The van der Waals surface area contributed by atoms with Crippen LogP contribution in [0.2, 0.25) is 10.0 Å². The third-order valence-corrected chi connectivity index (χ3v) is 5.00. The van der Waals surface area contributed by atoms with E-state index in [1.807, 2.05) is 18.2 Å². The fraction of sp³-hybridized carbons (Fsp3) is 0.538. The smallest absolute Gasteiger partial charge is 0.0595 e. The molecule has 2 fully saturated rings. The molecule has 1 aliphatic heterocycles. The average Bonchev–Trinajstić information content (AvgIpc) is 2.78. The molecule has 0 aromatic heterocycles. The Morgan fingerprint density at radius 2 is 2.12 bits per heavy atom. The van der Waals surface area contributed by atoms with Crippen molar-refractivity contribution < 1.29 is 5.11 Å². The molecule has 17 heavy (non-hydrogen) atoms. The van der Waals surface area contributed by atoms with Gasteiger partial charge in [-0.2, -0.15) is 0 Å². The van der Waals surface area contributed by atoms with Crippen LogP contribution in [0.1, 0.15) is 18.4 Å². The lowest BCUT2D eigenvalue weighted by atomic mass is 9.74. The quantitative estimate of drug-likeness (QED) is 0.823. The van der Waals surface area contributed by atoms with E-state index in [1.165, 1.54) is 5.56 Å². The van der Waals surface area contributed by atoms with E-state index in [2.05, 4.69) is 5.32 Å². The molecule has 1 aromatic carbocycles. The van der Waals surface area contributed by atoms with Gasteiger partial charge in [-0.05, 0) is 43.0 Å². The second kappa shape index (κ2) is 4.13. The molecule has 1 aliphatic carbocycles. The number of hydrogen-bond acceptors (Lipinski definition) is 2. The van der Waals surface area contributed by atoms with Crippen molar-refractivity contribution in [2.24, 2.45) is 5.92 Å². The first-order chi connectivity index (χ1) is 8.12. The Balaban J connectivity index is 2.04. The van der Waals surface area contributed by atoms with Gasteiger partial charge in [0, 0.05) is 12.0 Å². The highest BCUT2D eigenvalue weighted by Gasteiger charge is 2.50. The van der Waals surface area contributed by atoms with E-state index in [9.17, 15) is 5.11 Å². The third-order valence-electron chi connectivity index (χ3n) is 4.26. The summed E-state index contributed by atoms with van der Waals surface area (Å²) in [7, 11) is 0. The van der Waals surface area contributed by atoms with Crippen molar-refractivity contribution in [2.75, 3.05) is 13.1 Å². The molecule has 1 aromatic rings. The van der Waals surface area contributed by atoms with Crippen molar-refractivity contribution in [1.29, 1.82) is 0 Å². The fourth-order valence-electron chi connectivity index (χ4n) is 3.45. The number of halogens is 2. The van der Waals surface area contributed by atoms with E-state index in [1.54, 1.807) is 0 Å². The summed E-state index contributed by atoms with van der Waals surface area (Å²) in [4.78, 5) is 0. The second-order valence-corrected chi connectivity index (χ2v) is 6.02. The van der Waals surface area contributed by atoms with Gasteiger partial charge < -0.3 is 10.4 Å². The Hall–Kier alpha value is -0.280. The molecule has 0 unspecified atom stereocenters. The molecule has 92 valence electrons. The predicted octanol–water partition coefficient (Wildman–Crippen LogP) is 2.61. The summed E-state index contributed by atoms with van der Waals surface area (Å²) in [5.41, 5.74) is 1.26. The van der Waals surface area contributed by atoms with E-state index in [4.69, 9.17) is 23.2 Å². The minimum absolute atomic E-state index is 0.0493. The number of rotatable bonds is 1. The van der Waals surface area contributed by atoms with E-state index in [0.717, 1.165) is 25.9 Å². The SMILES string of the molecule is O[C@H]1C[C@@H]2CNC[C@@]2(c2ccc(Cl)c(Cl)c2)C1. The molecular weight excluding hydrogens is 257 g/mol. The largest absolute Gasteiger partial charge is 0.393 e. The van der Waals surface area contributed by atoms with Crippen LogP contribution in [0, 0.1) is 5.92 Å². The molecule has 0 spiro atoms. The first-order valence-corrected chi connectivity index (χ1v) is 6.72. The molecule has 1 saturated carbocycles. The van der Waals surface area contributed by atoms with Crippen LogP contribution in [0.4, 0.5) is 0 Å². The number of nitrogens with one attached hydrogen (secondary N) is 1. The zero-order chi connectivity index (χ0) is 12.0.